The summed E-state index contributed by atoms with van der Waals surface area (Å²) in [6, 6.07) is 3.62. The molecule has 1 aromatic rings. The molecule has 0 aliphatic carbocycles. The largest absolute Gasteiger partial charge is 0.463 e. The molecule has 0 aromatic heterocycles. The molecule has 0 atom stereocenters. The lowest BCUT2D eigenvalue weighted by molar-refractivity contribution is -0.137. The van der Waals surface area contributed by atoms with Crippen LogP contribution in [-0.2, 0) is 9.53 Å². The van der Waals surface area contributed by atoms with E-state index in [1.165, 1.54) is 36.4 Å². The van der Waals surface area contributed by atoms with Gasteiger partial charge in [0.25, 0.3) is 0 Å². The molecule has 19 heavy (non-hydrogen) atoms. The number of rotatable bonds is 5. The highest BCUT2D eigenvalue weighted by molar-refractivity contribution is 5.87. The Hall–Kier alpha value is -2.24. The van der Waals surface area contributed by atoms with Gasteiger partial charge in [-0.25, -0.2) is 4.79 Å². The van der Waals surface area contributed by atoms with Gasteiger partial charge in [0, 0.05) is 6.08 Å². The molecule has 0 N–H and O–H groups in total. The lowest BCUT2D eigenvalue weighted by Gasteiger charge is -2.02. The van der Waals surface area contributed by atoms with Crippen molar-refractivity contribution in [2.24, 2.45) is 0 Å². The van der Waals surface area contributed by atoms with E-state index in [0.717, 1.165) is 0 Å². The van der Waals surface area contributed by atoms with Crippen molar-refractivity contribution in [1.29, 1.82) is 0 Å². The average Bonchev–Trinajstić information content (AvgIpc) is 2.38. The Morgan fingerprint density at radius 1 is 1.21 bits per heavy atom. The van der Waals surface area contributed by atoms with Crippen molar-refractivity contribution >= 4 is 12.0 Å². The van der Waals surface area contributed by atoms with Crippen molar-refractivity contribution in [2.45, 2.75) is 6.92 Å². The lowest BCUT2D eigenvalue weighted by Crippen LogP contribution is -1.98. The molecule has 0 unspecified atom stereocenters. The highest BCUT2D eigenvalue weighted by atomic mass is 19.3. The normalized spacial score (nSPS) is 10.3. The van der Waals surface area contributed by atoms with Crippen molar-refractivity contribution in [3.8, 4) is 5.75 Å². The fraction of sp³-hybridized carbons (Fsp3) is 0.154. The first-order valence-corrected chi connectivity index (χ1v) is 5.36. The number of hydrogen-bond acceptors (Lipinski definition) is 3. The second-order valence-corrected chi connectivity index (χ2v) is 3.29. The van der Waals surface area contributed by atoms with Crippen molar-refractivity contribution < 1.29 is 27.4 Å². The van der Waals surface area contributed by atoms with Crippen LogP contribution in [0, 0.1) is 0 Å². The number of carbonyl (C=O) groups is 1. The Morgan fingerprint density at radius 2 is 1.84 bits per heavy atom. The van der Waals surface area contributed by atoms with E-state index in [1.54, 1.807) is 6.92 Å². The van der Waals surface area contributed by atoms with Gasteiger partial charge >= 0.3 is 18.1 Å². The smallest absolute Gasteiger partial charge is 0.344 e. The topological polar surface area (TPSA) is 35.5 Å². The predicted molar refractivity (Wildman–Crippen MR) is 63.1 cm³/mol. The third kappa shape index (κ3) is 5.29. The molecule has 0 saturated heterocycles. The monoisotopic (exact) mass is 272 g/mol. The molecule has 0 aliphatic rings. The molecular weight excluding hydrogens is 261 g/mol. The fourth-order valence-corrected chi connectivity index (χ4v) is 1.14. The van der Waals surface area contributed by atoms with Crippen molar-refractivity contribution in [3.05, 3.63) is 48.0 Å². The third-order valence-electron chi connectivity index (χ3n) is 1.93. The minimum absolute atomic E-state index is 0.0708. The quantitative estimate of drug-likeness (QED) is 0.466. The van der Waals surface area contributed by atoms with Crippen molar-refractivity contribution in [3.63, 3.8) is 0 Å². The molecule has 0 saturated carbocycles. The molecule has 0 bridgehead atoms. The van der Waals surface area contributed by atoms with E-state index >= 15 is 0 Å². The van der Waals surface area contributed by atoms with Crippen molar-refractivity contribution in [1.82, 2.24) is 0 Å². The fourth-order valence-electron chi connectivity index (χ4n) is 1.14. The zero-order valence-electron chi connectivity index (χ0n) is 10.0. The number of ether oxygens (including phenoxy) is 2. The van der Waals surface area contributed by atoms with Crippen molar-refractivity contribution in [2.75, 3.05) is 6.61 Å². The zero-order valence-corrected chi connectivity index (χ0v) is 10.0. The molecular formula is C13H11F3O3. The van der Waals surface area contributed by atoms with Crippen LogP contribution in [0.3, 0.4) is 0 Å². The summed E-state index contributed by atoms with van der Waals surface area (Å²) in [5.74, 6) is -0.560. The molecule has 1 aromatic carbocycles. The Morgan fingerprint density at radius 3 is 2.37 bits per heavy atom. The first kappa shape index (κ1) is 14.8. The first-order chi connectivity index (χ1) is 9.02. The molecule has 0 amide bonds. The highest BCUT2D eigenvalue weighted by Gasteiger charge is 2.07. The SMILES string of the molecule is CCOC(=O)C=Cc1ccc(OC(F)=C(F)F)cc1. The highest BCUT2D eigenvalue weighted by Crippen LogP contribution is 2.19. The van der Waals surface area contributed by atoms with Gasteiger partial charge in [0.15, 0.2) is 0 Å². The molecule has 0 fully saturated rings. The molecule has 102 valence electrons. The molecule has 0 radical (unpaired) electrons. The van der Waals surface area contributed by atoms with Gasteiger partial charge in [-0.1, -0.05) is 12.1 Å². The Kier molecular flexibility index (Phi) is 5.66. The molecule has 3 nitrogen and oxygen atoms in total. The minimum Gasteiger partial charge on any atom is -0.463 e. The second-order valence-electron chi connectivity index (χ2n) is 3.29. The number of carbonyl (C=O) groups excluding carboxylic acids is 1. The van der Waals surface area contributed by atoms with Gasteiger partial charge in [0.2, 0.25) is 0 Å². The van der Waals surface area contributed by atoms with Crippen LogP contribution in [0.5, 0.6) is 5.75 Å². The molecule has 0 aliphatic heterocycles. The molecule has 6 heteroatoms. The summed E-state index contributed by atoms with van der Waals surface area (Å²) in [4.78, 5) is 11.0. The van der Waals surface area contributed by atoms with Crippen LogP contribution in [0.2, 0.25) is 0 Å². The Bertz CT molecular complexity index is 488. The van der Waals surface area contributed by atoms with E-state index in [0.29, 0.717) is 5.56 Å². The van der Waals surface area contributed by atoms with Gasteiger partial charge in [0.1, 0.15) is 5.75 Å². The Labute approximate surface area is 107 Å². The molecule has 0 spiro atoms. The Balaban J connectivity index is 2.67. The van der Waals surface area contributed by atoms with Crippen LogP contribution >= 0.6 is 0 Å². The molecule has 0 heterocycles. The van der Waals surface area contributed by atoms with Gasteiger partial charge in [-0.2, -0.15) is 13.2 Å². The standard InChI is InChI=1S/C13H11F3O3/c1-2-18-11(17)8-5-9-3-6-10(7-4-9)19-13(16)12(14)15/h3-8H,2H2,1H3. The van der Waals surface area contributed by atoms with Crippen LogP contribution < -0.4 is 4.74 Å². The number of esters is 1. The van der Waals surface area contributed by atoms with Crippen LogP contribution in [0.4, 0.5) is 13.2 Å². The summed E-state index contributed by atoms with van der Waals surface area (Å²) >= 11 is 0. The van der Waals surface area contributed by atoms with Gasteiger partial charge < -0.3 is 9.47 Å². The third-order valence-corrected chi connectivity index (χ3v) is 1.93. The summed E-state index contributed by atoms with van der Waals surface area (Å²) in [5.41, 5.74) is 0.616. The van der Waals surface area contributed by atoms with Crippen LogP contribution in [0.1, 0.15) is 12.5 Å². The van der Waals surface area contributed by atoms with Crippen LogP contribution in [0.25, 0.3) is 6.08 Å². The lowest BCUT2D eigenvalue weighted by atomic mass is 10.2. The van der Waals surface area contributed by atoms with Gasteiger partial charge in [0.05, 0.1) is 6.61 Å². The van der Waals surface area contributed by atoms with Gasteiger partial charge in [-0.15, -0.1) is 0 Å². The van der Waals surface area contributed by atoms with E-state index in [2.05, 4.69) is 9.47 Å². The number of halogens is 3. The van der Waals surface area contributed by atoms with E-state index in [4.69, 9.17) is 0 Å². The summed E-state index contributed by atoms with van der Waals surface area (Å²) in [5, 5.41) is 0. The summed E-state index contributed by atoms with van der Waals surface area (Å²) in [6.07, 6.45) is 0.177. The maximum absolute atomic E-state index is 12.5. The number of benzene rings is 1. The predicted octanol–water partition coefficient (Wildman–Crippen LogP) is 3.68. The summed E-state index contributed by atoms with van der Waals surface area (Å²) in [7, 11) is 0. The molecule has 1 rings (SSSR count). The van der Waals surface area contributed by atoms with E-state index in [-0.39, 0.29) is 12.4 Å². The maximum atomic E-state index is 12.5. The van der Waals surface area contributed by atoms with Crippen LogP contribution in [0.15, 0.2) is 42.4 Å². The van der Waals surface area contributed by atoms with E-state index in [9.17, 15) is 18.0 Å². The maximum Gasteiger partial charge on any atom is 0.344 e. The number of hydrogen-bond donors (Lipinski definition) is 0. The minimum atomic E-state index is -2.52. The summed E-state index contributed by atoms with van der Waals surface area (Å²) in [6.45, 7) is 1.96. The second kappa shape index (κ2) is 7.25. The van der Waals surface area contributed by atoms with E-state index in [1.807, 2.05) is 0 Å². The first-order valence-electron chi connectivity index (χ1n) is 5.36. The van der Waals surface area contributed by atoms with Crippen LogP contribution in [-0.4, -0.2) is 12.6 Å². The average molecular weight is 272 g/mol. The van der Waals surface area contributed by atoms with E-state index < -0.39 is 18.1 Å². The van der Waals surface area contributed by atoms with Gasteiger partial charge in [-0.05, 0) is 30.7 Å². The summed E-state index contributed by atoms with van der Waals surface area (Å²) < 4.78 is 45.0. The van der Waals surface area contributed by atoms with Gasteiger partial charge in [-0.3, -0.25) is 0 Å². The zero-order chi connectivity index (χ0) is 14.3.